The van der Waals surface area contributed by atoms with Crippen LogP contribution in [0, 0.1) is 5.92 Å². The van der Waals surface area contributed by atoms with Gasteiger partial charge in [0.2, 0.25) is 5.91 Å². The van der Waals surface area contributed by atoms with Crippen molar-refractivity contribution in [3.8, 4) is 0 Å². The summed E-state index contributed by atoms with van der Waals surface area (Å²) in [6.07, 6.45) is 4.59. The second kappa shape index (κ2) is 8.94. The van der Waals surface area contributed by atoms with E-state index in [0.29, 0.717) is 12.5 Å². The van der Waals surface area contributed by atoms with E-state index in [1.165, 1.54) is 22.0 Å². The molecule has 0 radical (unpaired) electrons. The second-order valence-corrected chi connectivity index (χ2v) is 6.28. The Kier molecular flexibility index (Phi) is 7.59. The molecule has 2 rings (SSSR count). The van der Waals surface area contributed by atoms with Gasteiger partial charge in [-0.1, -0.05) is 39.0 Å². The van der Waals surface area contributed by atoms with Crippen LogP contribution >= 0.6 is 12.4 Å². The zero-order chi connectivity index (χ0) is 16.1. The molecule has 0 bridgehead atoms. The highest BCUT2D eigenvalue weighted by Gasteiger charge is 2.14. The molecule has 128 valence electrons. The topological polar surface area (TPSA) is 70.9 Å². The van der Waals surface area contributed by atoms with Crippen LogP contribution in [0.15, 0.2) is 24.4 Å². The highest BCUT2D eigenvalue weighted by Crippen LogP contribution is 2.22. The van der Waals surface area contributed by atoms with Crippen LogP contribution in [0.5, 0.6) is 0 Å². The van der Waals surface area contributed by atoms with E-state index in [2.05, 4.69) is 49.3 Å². The average molecular weight is 338 g/mol. The summed E-state index contributed by atoms with van der Waals surface area (Å²) in [7, 11) is 0. The molecule has 1 heterocycles. The Morgan fingerprint density at radius 3 is 2.70 bits per heavy atom. The van der Waals surface area contributed by atoms with Gasteiger partial charge < -0.3 is 16.0 Å². The standard InChI is InChI=1S/C18H27N3O.ClH/c1-4-13-6-5-7-15-14(11-21-17(13)15)8-9-20-18(22)16(19)10-12(2)3;/h5-7,11-12,16,21H,4,8-10,19H2,1-3H3,(H,20,22);1H/t16-;/m0./s1. The summed E-state index contributed by atoms with van der Waals surface area (Å²) < 4.78 is 0. The van der Waals surface area contributed by atoms with E-state index in [-0.39, 0.29) is 18.3 Å². The lowest BCUT2D eigenvalue weighted by molar-refractivity contribution is -0.122. The first kappa shape index (κ1) is 19.5. The molecule has 0 saturated heterocycles. The molecule has 1 amide bonds. The molecule has 0 aliphatic carbocycles. The van der Waals surface area contributed by atoms with E-state index in [1.807, 2.05) is 6.20 Å². The highest BCUT2D eigenvalue weighted by atomic mass is 35.5. The third-order valence-electron chi connectivity index (χ3n) is 4.02. The number of rotatable bonds is 7. The van der Waals surface area contributed by atoms with Crippen molar-refractivity contribution in [1.29, 1.82) is 0 Å². The summed E-state index contributed by atoms with van der Waals surface area (Å²) in [4.78, 5) is 15.3. The number of halogens is 1. The van der Waals surface area contributed by atoms with Crippen LogP contribution in [0.4, 0.5) is 0 Å². The zero-order valence-corrected chi connectivity index (χ0v) is 15.0. The lowest BCUT2D eigenvalue weighted by Gasteiger charge is -2.14. The van der Waals surface area contributed by atoms with E-state index >= 15 is 0 Å². The van der Waals surface area contributed by atoms with Gasteiger partial charge in [0.15, 0.2) is 0 Å². The lowest BCUT2D eigenvalue weighted by atomic mass is 10.0. The van der Waals surface area contributed by atoms with Gasteiger partial charge >= 0.3 is 0 Å². The number of H-pyrrole nitrogens is 1. The van der Waals surface area contributed by atoms with Crippen molar-refractivity contribution in [2.24, 2.45) is 11.7 Å². The monoisotopic (exact) mass is 337 g/mol. The van der Waals surface area contributed by atoms with Gasteiger partial charge in [0.25, 0.3) is 0 Å². The van der Waals surface area contributed by atoms with Crippen molar-refractivity contribution in [2.75, 3.05) is 6.54 Å². The molecular formula is C18H28ClN3O. The molecule has 0 aliphatic heterocycles. The minimum Gasteiger partial charge on any atom is -0.361 e. The number of para-hydroxylation sites is 1. The number of aromatic amines is 1. The molecule has 0 saturated carbocycles. The minimum absolute atomic E-state index is 0. The number of nitrogens with two attached hydrogens (primary N) is 1. The summed E-state index contributed by atoms with van der Waals surface area (Å²) >= 11 is 0. The van der Waals surface area contributed by atoms with Gasteiger partial charge in [-0.25, -0.2) is 0 Å². The summed E-state index contributed by atoms with van der Waals surface area (Å²) in [5, 5.41) is 4.19. The lowest BCUT2D eigenvalue weighted by Crippen LogP contribution is -2.42. The molecule has 4 nitrogen and oxygen atoms in total. The maximum Gasteiger partial charge on any atom is 0.236 e. The molecule has 4 N–H and O–H groups in total. The largest absolute Gasteiger partial charge is 0.361 e. The number of aromatic nitrogens is 1. The molecule has 0 spiro atoms. The summed E-state index contributed by atoms with van der Waals surface area (Å²) in [6, 6.07) is 5.96. The van der Waals surface area contributed by atoms with Gasteiger partial charge in [-0.05, 0) is 36.3 Å². The van der Waals surface area contributed by atoms with Crippen molar-refractivity contribution < 1.29 is 4.79 Å². The number of hydrogen-bond donors (Lipinski definition) is 3. The third kappa shape index (κ3) is 4.98. The van der Waals surface area contributed by atoms with Crippen LogP contribution in [0.1, 0.15) is 38.3 Å². The number of fused-ring (bicyclic) bond motifs is 1. The molecule has 5 heteroatoms. The average Bonchev–Trinajstić information content (AvgIpc) is 2.89. The van der Waals surface area contributed by atoms with Gasteiger partial charge in [0.05, 0.1) is 6.04 Å². The highest BCUT2D eigenvalue weighted by molar-refractivity contribution is 5.86. The van der Waals surface area contributed by atoms with Gasteiger partial charge in [-0.3, -0.25) is 4.79 Å². The molecule has 0 unspecified atom stereocenters. The number of amides is 1. The zero-order valence-electron chi connectivity index (χ0n) is 14.2. The Morgan fingerprint density at radius 1 is 1.30 bits per heavy atom. The first-order valence-corrected chi connectivity index (χ1v) is 8.14. The molecule has 1 aromatic carbocycles. The minimum atomic E-state index is -0.408. The van der Waals surface area contributed by atoms with Gasteiger partial charge in [-0.2, -0.15) is 0 Å². The van der Waals surface area contributed by atoms with Crippen molar-refractivity contribution in [1.82, 2.24) is 10.3 Å². The molecule has 23 heavy (non-hydrogen) atoms. The maximum absolute atomic E-state index is 11.9. The molecular weight excluding hydrogens is 310 g/mol. The maximum atomic E-state index is 11.9. The summed E-state index contributed by atoms with van der Waals surface area (Å²) in [6.45, 7) is 6.92. The van der Waals surface area contributed by atoms with E-state index in [4.69, 9.17) is 5.73 Å². The van der Waals surface area contributed by atoms with Crippen LogP contribution in [-0.2, 0) is 17.6 Å². The Labute approximate surface area is 144 Å². The smallest absolute Gasteiger partial charge is 0.236 e. The van der Waals surface area contributed by atoms with Crippen molar-refractivity contribution in [3.05, 3.63) is 35.5 Å². The number of carbonyl (C=O) groups is 1. The fourth-order valence-corrected chi connectivity index (χ4v) is 2.84. The first-order valence-electron chi connectivity index (χ1n) is 8.14. The quantitative estimate of drug-likeness (QED) is 0.726. The van der Waals surface area contributed by atoms with E-state index in [9.17, 15) is 4.79 Å². The number of benzene rings is 1. The van der Waals surface area contributed by atoms with E-state index in [1.54, 1.807) is 0 Å². The number of hydrogen-bond acceptors (Lipinski definition) is 2. The molecule has 0 fully saturated rings. The van der Waals surface area contributed by atoms with Crippen LogP contribution < -0.4 is 11.1 Å². The van der Waals surface area contributed by atoms with Crippen LogP contribution in [-0.4, -0.2) is 23.5 Å². The molecule has 1 atom stereocenters. The number of aryl methyl sites for hydroxylation is 1. The number of carbonyl (C=O) groups excluding carboxylic acids is 1. The summed E-state index contributed by atoms with van der Waals surface area (Å²) in [5.41, 5.74) is 9.66. The van der Waals surface area contributed by atoms with Crippen LogP contribution in [0.25, 0.3) is 10.9 Å². The molecule has 1 aromatic heterocycles. The van der Waals surface area contributed by atoms with Crippen LogP contribution in [0.3, 0.4) is 0 Å². The Morgan fingerprint density at radius 2 is 2.04 bits per heavy atom. The van der Waals surface area contributed by atoms with E-state index in [0.717, 1.165) is 19.3 Å². The number of nitrogens with one attached hydrogen (secondary N) is 2. The third-order valence-corrected chi connectivity index (χ3v) is 4.02. The predicted molar refractivity (Wildman–Crippen MR) is 99.1 cm³/mol. The van der Waals surface area contributed by atoms with Crippen LogP contribution in [0.2, 0.25) is 0 Å². The first-order chi connectivity index (χ1) is 10.5. The van der Waals surface area contributed by atoms with Crippen molar-refractivity contribution in [2.45, 2.75) is 46.1 Å². The molecule has 2 aromatic rings. The fourth-order valence-electron chi connectivity index (χ4n) is 2.84. The van der Waals surface area contributed by atoms with Gasteiger partial charge in [0, 0.05) is 23.6 Å². The van der Waals surface area contributed by atoms with Crippen molar-refractivity contribution >= 4 is 29.2 Å². The SMILES string of the molecule is CCc1cccc2c(CCNC(=O)[C@@H](N)CC(C)C)c[nH]c12.Cl. The fraction of sp³-hybridized carbons (Fsp3) is 0.500. The van der Waals surface area contributed by atoms with E-state index < -0.39 is 6.04 Å². The van der Waals surface area contributed by atoms with Gasteiger partial charge in [0.1, 0.15) is 0 Å². The van der Waals surface area contributed by atoms with Crippen molar-refractivity contribution in [3.63, 3.8) is 0 Å². The normalized spacial score (nSPS) is 12.2. The Hall–Kier alpha value is -1.52. The molecule has 0 aliphatic rings. The van der Waals surface area contributed by atoms with Gasteiger partial charge in [-0.15, -0.1) is 12.4 Å². The summed E-state index contributed by atoms with van der Waals surface area (Å²) in [5.74, 6) is 0.379. The predicted octanol–water partition coefficient (Wildman–Crippen LogP) is 3.18. The second-order valence-electron chi connectivity index (χ2n) is 6.28. The Balaban J connectivity index is 0.00000264. The Bertz CT molecular complexity index is 636.